The molecule has 16 heavy (non-hydrogen) atoms. The van der Waals surface area contributed by atoms with Gasteiger partial charge < -0.3 is 0 Å². The minimum Gasteiger partial charge on any atom is -0.253 e. The molecule has 0 bridgehead atoms. The summed E-state index contributed by atoms with van der Waals surface area (Å²) in [6, 6.07) is 9.75. The standard InChI is InChI=1S/C14H12FN/c1-14(2)11-6-4-3-5-10(11)13-12(14)7-9(15)8-16-13/h3-8H,1-2H3. The van der Waals surface area contributed by atoms with Crippen LogP contribution in [0.25, 0.3) is 11.3 Å². The Morgan fingerprint density at radius 2 is 1.88 bits per heavy atom. The monoisotopic (exact) mass is 213 g/mol. The summed E-state index contributed by atoms with van der Waals surface area (Å²) in [6.45, 7) is 4.22. The number of fused-ring (bicyclic) bond motifs is 3. The van der Waals surface area contributed by atoms with Gasteiger partial charge in [-0.25, -0.2) is 4.39 Å². The van der Waals surface area contributed by atoms with Crippen LogP contribution in [0.2, 0.25) is 0 Å². The summed E-state index contributed by atoms with van der Waals surface area (Å²) in [4.78, 5) is 4.22. The predicted octanol–water partition coefficient (Wildman–Crippen LogP) is 3.53. The average Bonchev–Trinajstić information content (AvgIpc) is 2.49. The van der Waals surface area contributed by atoms with E-state index < -0.39 is 0 Å². The third kappa shape index (κ3) is 1.07. The van der Waals surface area contributed by atoms with Crippen LogP contribution in [0.15, 0.2) is 36.5 Å². The van der Waals surface area contributed by atoms with Crippen LogP contribution in [-0.2, 0) is 5.41 Å². The van der Waals surface area contributed by atoms with Crippen LogP contribution in [0, 0.1) is 5.82 Å². The van der Waals surface area contributed by atoms with Gasteiger partial charge in [0.05, 0.1) is 11.9 Å². The summed E-state index contributed by atoms with van der Waals surface area (Å²) >= 11 is 0. The lowest BCUT2D eigenvalue weighted by atomic mass is 9.83. The largest absolute Gasteiger partial charge is 0.253 e. The Labute approximate surface area is 94.0 Å². The molecule has 2 heteroatoms. The number of hydrogen-bond donors (Lipinski definition) is 0. The number of aromatic nitrogens is 1. The van der Waals surface area contributed by atoms with Crippen LogP contribution >= 0.6 is 0 Å². The summed E-state index contributed by atoms with van der Waals surface area (Å²) < 4.78 is 13.3. The van der Waals surface area contributed by atoms with E-state index in [0.29, 0.717) is 0 Å². The zero-order chi connectivity index (χ0) is 11.3. The van der Waals surface area contributed by atoms with Crippen molar-refractivity contribution >= 4 is 0 Å². The molecule has 80 valence electrons. The van der Waals surface area contributed by atoms with Crippen molar-refractivity contribution in [3.05, 3.63) is 53.5 Å². The van der Waals surface area contributed by atoms with E-state index in [9.17, 15) is 4.39 Å². The predicted molar refractivity (Wildman–Crippen MR) is 61.8 cm³/mol. The maximum absolute atomic E-state index is 13.3. The molecule has 2 aromatic rings. The number of benzene rings is 1. The van der Waals surface area contributed by atoms with E-state index in [1.807, 2.05) is 18.2 Å². The van der Waals surface area contributed by atoms with Crippen LogP contribution in [0.1, 0.15) is 25.0 Å². The van der Waals surface area contributed by atoms with Crippen molar-refractivity contribution in [2.24, 2.45) is 0 Å². The lowest BCUT2D eigenvalue weighted by Crippen LogP contribution is -2.15. The van der Waals surface area contributed by atoms with Crippen LogP contribution in [0.5, 0.6) is 0 Å². The topological polar surface area (TPSA) is 12.9 Å². The van der Waals surface area contributed by atoms with E-state index in [0.717, 1.165) is 16.8 Å². The van der Waals surface area contributed by atoms with Gasteiger partial charge in [-0.2, -0.15) is 0 Å². The van der Waals surface area contributed by atoms with E-state index >= 15 is 0 Å². The van der Waals surface area contributed by atoms with Gasteiger partial charge in [0.1, 0.15) is 5.82 Å². The van der Waals surface area contributed by atoms with Crippen molar-refractivity contribution in [2.45, 2.75) is 19.3 Å². The van der Waals surface area contributed by atoms with Crippen LogP contribution in [0.3, 0.4) is 0 Å². The SMILES string of the molecule is CC1(C)c2ccccc2-c2ncc(F)cc21. The molecule has 1 aromatic heterocycles. The van der Waals surface area contributed by atoms with Gasteiger partial charge in [-0.3, -0.25) is 4.98 Å². The Morgan fingerprint density at radius 3 is 2.69 bits per heavy atom. The van der Waals surface area contributed by atoms with Crippen molar-refractivity contribution < 1.29 is 4.39 Å². The summed E-state index contributed by atoms with van der Waals surface area (Å²) in [7, 11) is 0. The van der Waals surface area contributed by atoms with E-state index in [4.69, 9.17) is 0 Å². The molecule has 0 saturated heterocycles. The van der Waals surface area contributed by atoms with E-state index in [-0.39, 0.29) is 11.2 Å². The third-order valence-electron chi connectivity index (χ3n) is 3.38. The van der Waals surface area contributed by atoms with Crippen LogP contribution in [-0.4, -0.2) is 4.98 Å². The lowest BCUT2D eigenvalue weighted by Gasteiger charge is -2.20. The molecule has 0 unspecified atom stereocenters. The first-order valence-corrected chi connectivity index (χ1v) is 5.36. The molecule has 1 aromatic carbocycles. The molecule has 1 aliphatic rings. The molecule has 0 fully saturated rings. The van der Waals surface area contributed by atoms with Crippen molar-refractivity contribution in [2.75, 3.05) is 0 Å². The lowest BCUT2D eigenvalue weighted by molar-refractivity contribution is 0.603. The molecule has 0 N–H and O–H groups in total. The number of rotatable bonds is 0. The minimum atomic E-state index is -0.264. The first-order valence-electron chi connectivity index (χ1n) is 5.36. The third-order valence-corrected chi connectivity index (χ3v) is 3.38. The molecule has 0 radical (unpaired) electrons. The highest BCUT2D eigenvalue weighted by molar-refractivity contribution is 5.77. The second-order valence-corrected chi connectivity index (χ2v) is 4.72. The fraction of sp³-hybridized carbons (Fsp3) is 0.214. The fourth-order valence-corrected chi connectivity index (χ4v) is 2.51. The summed E-state index contributed by atoms with van der Waals surface area (Å²) in [5.74, 6) is -0.264. The Morgan fingerprint density at radius 1 is 1.12 bits per heavy atom. The summed E-state index contributed by atoms with van der Waals surface area (Å²) in [5.41, 5.74) is 4.10. The van der Waals surface area contributed by atoms with E-state index in [1.165, 1.54) is 11.8 Å². The number of nitrogens with zero attached hydrogens (tertiary/aromatic N) is 1. The van der Waals surface area contributed by atoms with Gasteiger partial charge >= 0.3 is 0 Å². The summed E-state index contributed by atoms with van der Waals surface area (Å²) in [6.07, 6.45) is 1.29. The van der Waals surface area contributed by atoms with Gasteiger partial charge in [0.15, 0.2) is 0 Å². The molecule has 0 aliphatic heterocycles. The first-order chi connectivity index (χ1) is 7.60. The molecule has 0 saturated carbocycles. The normalized spacial score (nSPS) is 15.7. The van der Waals surface area contributed by atoms with Gasteiger partial charge in [0.25, 0.3) is 0 Å². The number of halogens is 1. The second-order valence-electron chi connectivity index (χ2n) is 4.72. The van der Waals surface area contributed by atoms with Crippen LogP contribution in [0.4, 0.5) is 4.39 Å². The molecule has 0 amide bonds. The quantitative estimate of drug-likeness (QED) is 0.652. The molecule has 1 nitrogen and oxygen atoms in total. The highest BCUT2D eigenvalue weighted by Gasteiger charge is 2.36. The molecular weight excluding hydrogens is 201 g/mol. The zero-order valence-electron chi connectivity index (χ0n) is 9.29. The molecule has 0 atom stereocenters. The van der Waals surface area contributed by atoms with Crippen LogP contribution < -0.4 is 0 Å². The van der Waals surface area contributed by atoms with Crippen molar-refractivity contribution in [1.29, 1.82) is 0 Å². The van der Waals surface area contributed by atoms with Gasteiger partial charge in [0, 0.05) is 11.0 Å². The second kappa shape index (κ2) is 2.91. The zero-order valence-corrected chi connectivity index (χ0v) is 9.29. The number of pyridine rings is 1. The van der Waals surface area contributed by atoms with E-state index in [2.05, 4.69) is 24.9 Å². The Balaban J connectivity index is 2.39. The first kappa shape index (κ1) is 9.52. The Hall–Kier alpha value is -1.70. The molecule has 0 spiro atoms. The Kier molecular flexibility index (Phi) is 1.73. The molecular formula is C14H12FN. The minimum absolute atomic E-state index is 0.152. The average molecular weight is 213 g/mol. The maximum Gasteiger partial charge on any atom is 0.141 e. The molecule has 1 aliphatic carbocycles. The smallest absolute Gasteiger partial charge is 0.141 e. The maximum atomic E-state index is 13.3. The molecule has 1 heterocycles. The van der Waals surface area contributed by atoms with Gasteiger partial charge in [-0.05, 0) is 17.2 Å². The van der Waals surface area contributed by atoms with Crippen molar-refractivity contribution in [1.82, 2.24) is 4.98 Å². The van der Waals surface area contributed by atoms with Gasteiger partial charge in [-0.1, -0.05) is 38.1 Å². The fourth-order valence-electron chi connectivity index (χ4n) is 2.51. The Bertz CT molecular complexity index is 573. The number of hydrogen-bond acceptors (Lipinski definition) is 1. The van der Waals surface area contributed by atoms with Crippen molar-refractivity contribution in [3.8, 4) is 11.3 Å². The highest BCUT2D eigenvalue weighted by atomic mass is 19.1. The van der Waals surface area contributed by atoms with Gasteiger partial charge in [-0.15, -0.1) is 0 Å². The van der Waals surface area contributed by atoms with E-state index in [1.54, 1.807) is 6.07 Å². The highest BCUT2D eigenvalue weighted by Crippen LogP contribution is 2.47. The van der Waals surface area contributed by atoms with Gasteiger partial charge in [0.2, 0.25) is 0 Å². The van der Waals surface area contributed by atoms with Crippen molar-refractivity contribution in [3.63, 3.8) is 0 Å². The molecule has 3 rings (SSSR count). The summed E-state index contributed by atoms with van der Waals surface area (Å²) in [5, 5.41) is 0.